The Morgan fingerprint density at radius 2 is 1.79 bits per heavy atom. The summed E-state index contributed by atoms with van der Waals surface area (Å²) in [5.74, 6) is -2.46. The van der Waals surface area contributed by atoms with E-state index in [1.165, 1.54) is 30.3 Å². The van der Waals surface area contributed by atoms with E-state index in [4.69, 9.17) is 4.42 Å². The molecule has 33 heavy (non-hydrogen) atoms. The molecule has 2 N–H and O–H groups in total. The van der Waals surface area contributed by atoms with Gasteiger partial charge < -0.3 is 14.8 Å². The summed E-state index contributed by atoms with van der Waals surface area (Å²) in [7, 11) is 0. The molecule has 0 amide bonds. The van der Waals surface area contributed by atoms with Gasteiger partial charge in [0, 0.05) is 16.7 Å². The highest BCUT2D eigenvalue weighted by molar-refractivity contribution is 5.94. The number of hydrogen-bond donors (Lipinski definition) is 2. The van der Waals surface area contributed by atoms with Gasteiger partial charge in [-0.05, 0) is 56.7 Å². The second-order valence-electron chi connectivity index (χ2n) is 7.96. The molecule has 0 saturated heterocycles. The van der Waals surface area contributed by atoms with Gasteiger partial charge in [-0.1, -0.05) is 24.3 Å². The molecular formula is C26H21F2NO4. The van der Waals surface area contributed by atoms with Crippen molar-refractivity contribution < 1.29 is 23.1 Å². The Labute approximate surface area is 188 Å². The molecule has 4 aromatic rings. The lowest BCUT2D eigenvalue weighted by molar-refractivity contribution is 0.0693. The number of carboxylic acids is 1. The van der Waals surface area contributed by atoms with Crippen molar-refractivity contribution in [2.24, 2.45) is 0 Å². The lowest BCUT2D eigenvalue weighted by atomic mass is 9.98. The normalized spacial score (nSPS) is 12.0. The number of halogens is 2. The Morgan fingerprint density at radius 3 is 2.48 bits per heavy atom. The summed E-state index contributed by atoms with van der Waals surface area (Å²) in [6.45, 7) is 5.21. The van der Waals surface area contributed by atoms with E-state index in [-0.39, 0.29) is 16.9 Å². The van der Waals surface area contributed by atoms with Crippen LogP contribution in [0.15, 0.2) is 63.8 Å². The summed E-state index contributed by atoms with van der Waals surface area (Å²) in [4.78, 5) is 24.7. The molecule has 1 heterocycles. The zero-order chi connectivity index (χ0) is 23.9. The Kier molecular flexibility index (Phi) is 5.72. The first kappa shape index (κ1) is 22.2. The Balaban J connectivity index is 1.90. The van der Waals surface area contributed by atoms with E-state index < -0.39 is 29.2 Å². The lowest BCUT2D eigenvalue weighted by Gasteiger charge is -2.20. The molecule has 1 atom stereocenters. The van der Waals surface area contributed by atoms with Crippen molar-refractivity contribution in [1.82, 2.24) is 0 Å². The zero-order valence-electron chi connectivity index (χ0n) is 18.2. The van der Waals surface area contributed by atoms with E-state index in [2.05, 4.69) is 5.32 Å². The van der Waals surface area contributed by atoms with Crippen molar-refractivity contribution in [3.8, 4) is 11.3 Å². The van der Waals surface area contributed by atoms with Crippen LogP contribution in [-0.2, 0) is 0 Å². The molecule has 0 aliphatic rings. The maximum Gasteiger partial charge on any atom is 0.340 e. The van der Waals surface area contributed by atoms with Gasteiger partial charge >= 0.3 is 5.97 Å². The number of nitrogens with one attached hydrogen (secondary N) is 1. The molecule has 168 valence electrons. The molecule has 0 aliphatic carbocycles. The summed E-state index contributed by atoms with van der Waals surface area (Å²) < 4.78 is 34.1. The van der Waals surface area contributed by atoms with Crippen molar-refractivity contribution in [3.05, 3.63) is 98.7 Å². The molecule has 1 aromatic heterocycles. The summed E-state index contributed by atoms with van der Waals surface area (Å²) >= 11 is 0. The van der Waals surface area contributed by atoms with Gasteiger partial charge in [0.2, 0.25) is 0 Å². The highest BCUT2D eigenvalue weighted by atomic mass is 19.1. The Bertz CT molecular complexity index is 1460. The minimum Gasteiger partial charge on any atom is -0.478 e. The number of aryl methyl sites for hydroxylation is 1. The fraction of sp³-hybridized carbons (Fsp3) is 0.154. The van der Waals surface area contributed by atoms with Gasteiger partial charge in [-0.2, -0.15) is 0 Å². The molecule has 0 radical (unpaired) electrons. The van der Waals surface area contributed by atoms with Crippen LogP contribution >= 0.6 is 0 Å². The van der Waals surface area contributed by atoms with Crippen molar-refractivity contribution in [1.29, 1.82) is 0 Å². The number of rotatable bonds is 5. The predicted octanol–water partition coefficient (Wildman–Crippen LogP) is 6.23. The molecule has 4 rings (SSSR count). The van der Waals surface area contributed by atoms with Gasteiger partial charge in [-0.25, -0.2) is 13.6 Å². The quantitative estimate of drug-likeness (QED) is 0.378. The van der Waals surface area contributed by atoms with Crippen molar-refractivity contribution in [2.75, 3.05) is 5.32 Å². The molecule has 0 unspecified atom stereocenters. The van der Waals surface area contributed by atoms with Gasteiger partial charge in [0.1, 0.15) is 28.5 Å². The molecule has 0 saturated carbocycles. The Hall–Kier alpha value is -4.00. The number of benzene rings is 3. The number of aromatic carboxylic acids is 1. The first-order chi connectivity index (χ1) is 15.7. The molecular weight excluding hydrogens is 428 g/mol. The second-order valence-corrected chi connectivity index (χ2v) is 7.96. The van der Waals surface area contributed by atoms with Gasteiger partial charge in [-0.3, -0.25) is 4.79 Å². The number of carbonyl (C=O) groups is 1. The van der Waals surface area contributed by atoms with Crippen LogP contribution in [0.2, 0.25) is 0 Å². The van der Waals surface area contributed by atoms with Gasteiger partial charge in [0.25, 0.3) is 0 Å². The maximum absolute atomic E-state index is 14.1. The van der Waals surface area contributed by atoms with Crippen LogP contribution < -0.4 is 10.7 Å². The molecule has 5 nitrogen and oxygen atoms in total. The average molecular weight is 449 g/mol. The van der Waals surface area contributed by atoms with Crippen LogP contribution in [0.3, 0.4) is 0 Å². The summed E-state index contributed by atoms with van der Waals surface area (Å²) in [6.07, 6.45) is 0. The van der Waals surface area contributed by atoms with E-state index in [0.717, 1.165) is 11.6 Å². The second kappa shape index (κ2) is 8.50. The van der Waals surface area contributed by atoms with E-state index in [1.807, 2.05) is 13.0 Å². The first-order valence-corrected chi connectivity index (χ1v) is 10.3. The standard InChI is InChI=1S/C26H21F2NO4/c1-13-10-18(15(3)29-21-9-5-8-20(28)22(21)26(31)32)25-19(11-13)23(30)14(2)24(33-25)16-6-4-7-17(27)12-16/h4-12,15,29H,1-3H3,(H,31,32)/t15-/m1/s1. The minimum atomic E-state index is -1.40. The smallest absolute Gasteiger partial charge is 0.340 e. The fourth-order valence-corrected chi connectivity index (χ4v) is 3.97. The van der Waals surface area contributed by atoms with Gasteiger partial charge in [0.05, 0.1) is 17.1 Å². The predicted molar refractivity (Wildman–Crippen MR) is 123 cm³/mol. The third-order valence-corrected chi connectivity index (χ3v) is 5.54. The minimum absolute atomic E-state index is 0.101. The van der Waals surface area contributed by atoms with Crippen molar-refractivity contribution in [2.45, 2.75) is 26.8 Å². The largest absolute Gasteiger partial charge is 0.478 e. The number of carboxylic acid groups (broad SMARTS) is 1. The maximum atomic E-state index is 14.1. The van der Waals surface area contributed by atoms with Crippen LogP contribution in [0.25, 0.3) is 22.3 Å². The topological polar surface area (TPSA) is 79.5 Å². The highest BCUT2D eigenvalue weighted by Crippen LogP contribution is 2.33. The number of hydrogen-bond acceptors (Lipinski definition) is 4. The summed E-state index contributed by atoms with van der Waals surface area (Å²) in [6, 6.07) is 12.7. The summed E-state index contributed by atoms with van der Waals surface area (Å²) in [5, 5.41) is 12.8. The van der Waals surface area contributed by atoms with Crippen LogP contribution in [0.1, 0.15) is 40.0 Å². The molecule has 7 heteroatoms. The van der Waals surface area contributed by atoms with Crippen LogP contribution in [0.4, 0.5) is 14.5 Å². The SMILES string of the molecule is Cc1cc([C@@H](C)Nc2cccc(F)c2C(=O)O)c2oc(-c3cccc(F)c3)c(C)c(=O)c2c1. The van der Waals surface area contributed by atoms with Crippen LogP contribution in [0, 0.1) is 25.5 Å². The Morgan fingerprint density at radius 1 is 1.06 bits per heavy atom. The fourth-order valence-electron chi connectivity index (χ4n) is 3.97. The number of anilines is 1. The van der Waals surface area contributed by atoms with E-state index >= 15 is 0 Å². The van der Waals surface area contributed by atoms with Gasteiger partial charge in [-0.15, -0.1) is 0 Å². The van der Waals surface area contributed by atoms with Crippen LogP contribution in [0.5, 0.6) is 0 Å². The molecule has 0 spiro atoms. The van der Waals surface area contributed by atoms with E-state index in [9.17, 15) is 23.5 Å². The molecule has 3 aromatic carbocycles. The lowest BCUT2D eigenvalue weighted by Crippen LogP contribution is -2.14. The summed E-state index contributed by atoms with van der Waals surface area (Å²) in [5.41, 5.74) is 1.84. The number of fused-ring (bicyclic) bond motifs is 1. The third-order valence-electron chi connectivity index (χ3n) is 5.54. The van der Waals surface area contributed by atoms with Crippen LogP contribution in [-0.4, -0.2) is 11.1 Å². The van der Waals surface area contributed by atoms with Gasteiger partial charge in [0.15, 0.2) is 5.43 Å². The monoisotopic (exact) mass is 449 g/mol. The molecule has 0 bridgehead atoms. The average Bonchev–Trinajstić information content (AvgIpc) is 2.75. The first-order valence-electron chi connectivity index (χ1n) is 10.3. The van der Waals surface area contributed by atoms with E-state index in [0.29, 0.717) is 27.7 Å². The van der Waals surface area contributed by atoms with Crippen molar-refractivity contribution in [3.63, 3.8) is 0 Å². The third kappa shape index (κ3) is 4.09. The zero-order valence-corrected chi connectivity index (χ0v) is 18.2. The van der Waals surface area contributed by atoms with Crippen molar-refractivity contribution >= 4 is 22.6 Å². The molecule has 0 aliphatic heterocycles. The highest BCUT2D eigenvalue weighted by Gasteiger charge is 2.21. The molecule has 0 fully saturated rings. The van der Waals surface area contributed by atoms with E-state index in [1.54, 1.807) is 26.0 Å².